The van der Waals surface area contributed by atoms with Crippen LogP contribution in [-0.4, -0.2) is 28.5 Å². The molecule has 0 fully saturated rings. The number of hydrogen-bond donors (Lipinski definition) is 1. The Labute approximate surface area is 158 Å². The number of esters is 2. The summed E-state index contributed by atoms with van der Waals surface area (Å²) in [5.74, 6) is 0.0176. The lowest BCUT2D eigenvalue weighted by Crippen LogP contribution is -2.06. The minimum absolute atomic E-state index is 0.146. The van der Waals surface area contributed by atoms with Crippen molar-refractivity contribution in [2.24, 2.45) is 0 Å². The number of furan rings is 1. The molecule has 140 valence electrons. The van der Waals surface area contributed by atoms with E-state index in [0.29, 0.717) is 26.4 Å². The van der Waals surface area contributed by atoms with Gasteiger partial charge in [-0.2, -0.15) is 0 Å². The van der Waals surface area contributed by atoms with Crippen LogP contribution in [0.2, 0.25) is 0 Å². The fourth-order valence-corrected chi connectivity index (χ4v) is 3.49. The van der Waals surface area contributed by atoms with Gasteiger partial charge in [-0.15, -0.1) is 11.3 Å². The second-order valence-electron chi connectivity index (χ2n) is 5.44. The molecule has 0 saturated heterocycles. The van der Waals surface area contributed by atoms with Gasteiger partial charge < -0.3 is 19.6 Å². The quantitative estimate of drug-likeness (QED) is 0.506. The van der Waals surface area contributed by atoms with E-state index in [2.05, 4.69) is 9.97 Å². The normalized spacial score (nSPS) is 11.2. The molecule has 2 N–H and O–H groups in total. The first kappa shape index (κ1) is 18.6. The van der Waals surface area contributed by atoms with Gasteiger partial charge in [0.05, 0.1) is 18.3 Å². The fourth-order valence-electron chi connectivity index (χ4n) is 2.39. The second kappa shape index (κ2) is 8.00. The minimum Gasteiger partial charge on any atom is -0.465 e. The Morgan fingerprint density at radius 1 is 1.33 bits per heavy atom. The Balaban J connectivity index is 1.75. The zero-order valence-corrected chi connectivity index (χ0v) is 15.5. The number of fused-ring (bicyclic) bond motifs is 1. The molecular weight excluding hydrogens is 370 g/mol. The fraction of sp³-hybridized carbons (Fsp3) is 0.222. The molecule has 3 rings (SSSR count). The number of rotatable bonds is 6. The zero-order valence-electron chi connectivity index (χ0n) is 14.7. The number of carbonyl (C=O) groups is 2. The summed E-state index contributed by atoms with van der Waals surface area (Å²) in [4.78, 5) is 33.3. The van der Waals surface area contributed by atoms with Gasteiger partial charge in [0.1, 0.15) is 21.3 Å². The van der Waals surface area contributed by atoms with Crippen molar-refractivity contribution in [2.45, 2.75) is 20.5 Å². The lowest BCUT2D eigenvalue weighted by molar-refractivity contribution is -0.139. The van der Waals surface area contributed by atoms with Crippen LogP contribution in [-0.2, 0) is 20.9 Å². The predicted octanol–water partition coefficient (Wildman–Crippen LogP) is 3.11. The monoisotopic (exact) mass is 387 g/mol. The van der Waals surface area contributed by atoms with Crippen molar-refractivity contribution in [3.05, 3.63) is 46.5 Å². The maximum Gasteiger partial charge on any atom is 0.348 e. The van der Waals surface area contributed by atoms with Crippen LogP contribution in [0.5, 0.6) is 0 Å². The molecule has 0 amide bonds. The summed E-state index contributed by atoms with van der Waals surface area (Å²) in [5, 5.41) is 0.607. The number of nitrogens with zero attached hydrogens (tertiary/aromatic N) is 2. The van der Waals surface area contributed by atoms with E-state index in [1.165, 1.54) is 29.8 Å². The van der Waals surface area contributed by atoms with E-state index >= 15 is 0 Å². The van der Waals surface area contributed by atoms with Crippen LogP contribution in [0.4, 0.5) is 5.82 Å². The average molecular weight is 387 g/mol. The van der Waals surface area contributed by atoms with Crippen molar-refractivity contribution >= 4 is 45.4 Å². The summed E-state index contributed by atoms with van der Waals surface area (Å²) < 4.78 is 15.2. The largest absolute Gasteiger partial charge is 0.465 e. The van der Waals surface area contributed by atoms with E-state index in [0.717, 1.165) is 0 Å². The molecule has 0 atom stereocenters. The highest BCUT2D eigenvalue weighted by Crippen LogP contribution is 2.33. The molecular formula is C18H17N3O5S. The highest BCUT2D eigenvalue weighted by molar-refractivity contribution is 7.20. The first-order valence-corrected chi connectivity index (χ1v) is 8.92. The topological polar surface area (TPSA) is 118 Å². The lowest BCUT2D eigenvalue weighted by Gasteiger charge is -2.03. The Kier molecular flexibility index (Phi) is 5.51. The number of aryl methyl sites for hydroxylation is 1. The SMILES string of the molecule is CCOC(=O)c1sc2nc(COC(=O)/C=C/c3ccco3)nc(N)c2c1C. The van der Waals surface area contributed by atoms with Crippen molar-refractivity contribution in [1.29, 1.82) is 0 Å². The highest BCUT2D eigenvalue weighted by atomic mass is 32.1. The Morgan fingerprint density at radius 2 is 2.15 bits per heavy atom. The second-order valence-corrected chi connectivity index (χ2v) is 6.44. The van der Waals surface area contributed by atoms with E-state index < -0.39 is 11.9 Å². The van der Waals surface area contributed by atoms with E-state index in [-0.39, 0.29) is 24.9 Å². The molecule has 0 bridgehead atoms. The van der Waals surface area contributed by atoms with Crippen molar-refractivity contribution in [3.8, 4) is 0 Å². The van der Waals surface area contributed by atoms with Gasteiger partial charge in [-0.05, 0) is 37.6 Å². The van der Waals surface area contributed by atoms with Gasteiger partial charge >= 0.3 is 11.9 Å². The van der Waals surface area contributed by atoms with E-state index in [4.69, 9.17) is 19.6 Å². The molecule has 0 aliphatic rings. The number of carbonyl (C=O) groups excluding carboxylic acids is 2. The first-order valence-electron chi connectivity index (χ1n) is 8.10. The van der Waals surface area contributed by atoms with Gasteiger partial charge in [-0.25, -0.2) is 19.6 Å². The molecule has 3 heterocycles. The number of nitrogens with two attached hydrogens (primary N) is 1. The summed E-state index contributed by atoms with van der Waals surface area (Å²) >= 11 is 1.17. The summed E-state index contributed by atoms with van der Waals surface area (Å²) in [5.41, 5.74) is 6.69. The molecule has 3 aromatic heterocycles. The number of hydrogen-bond acceptors (Lipinski definition) is 9. The van der Waals surface area contributed by atoms with Crippen LogP contribution in [0.3, 0.4) is 0 Å². The molecule has 0 saturated carbocycles. The number of ether oxygens (including phenoxy) is 2. The molecule has 9 heteroatoms. The molecule has 0 spiro atoms. The van der Waals surface area contributed by atoms with Crippen molar-refractivity contribution in [3.63, 3.8) is 0 Å². The third kappa shape index (κ3) is 4.14. The van der Waals surface area contributed by atoms with Crippen LogP contribution >= 0.6 is 11.3 Å². The third-order valence-electron chi connectivity index (χ3n) is 3.60. The Hall–Kier alpha value is -3.20. The number of thiophene rings is 1. The summed E-state index contributed by atoms with van der Waals surface area (Å²) in [6.45, 7) is 3.64. The summed E-state index contributed by atoms with van der Waals surface area (Å²) in [7, 11) is 0. The van der Waals surface area contributed by atoms with Gasteiger partial charge in [-0.1, -0.05) is 0 Å². The Bertz CT molecular complexity index is 1010. The number of aromatic nitrogens is 2. The van der Waals surface area contributed by atoms with Crippen LogP contribution in [0.1, 0.15) is 33.7 Å². The summed E-state index contributed by atoms with van der Waals surface area (Å²) in [6, 6.07) is 3.42. The summed E-state index contributed by atoms with van der Waals surface area (Å²) in [6.07, 6.45) is 4.24. The first-order chi connectivity index (χ1) is 13.0. The molecule has 27 heavy (non-hydrogen) atoms. The standard InChI is InChI=1S/C18H17N3O5S/c1-3-24-18(23)15-10(2)14-16(19)20-12(21-17(14)27-15)9-26-13(22)7-6-11-5-4-8-25-11/h4-8H,3,9H2,1-2H3,(H2,19,20,21)/b7-6+. The maximum atomic E-state index is 12.0. The van der Waals surface area contributed by atoms with Gasteiger partial charge in [0.15, 0.2) is 12.4 Å². The smallest absolute Gasteiger partial charge is 0.348 e. The molecule has 0 unspecified atom stereocenters. The highest BCUT2D eigenvalue weighted by Gasteiger charge is 2.20. The van der Waals surface area contributed by atoms with Crippen LogP contribution in [0.25, 0.3) is 16.3 Å². The maximum absolute atomic E-state index is 12.0. The van der Waals surface area contributed by atoms with Crippen molar-refractivity contribution < 1.29 is 23.5 Å². The zero-order chi connectivity index (χ0) is 19.4. The van der Waals surface area contributed by atoms with Crippen molar-refractivity contribution in [1.82, 2.24) is 9.97 Å². The molecule has 0 aliphatic carbocycles. The van der Waals surface area contributed by atoms with Gasteiger partial charge in [-0.3, -0.25) is 0 Å². The van der Waals surface area contributed by atoms with E-state index in [1.807, 2.05) is 0 Å². The van der Waals surface area contributed by atoms with Gasteiger partial charge in [0.2, 0.25) is 0 Å². The molecule has 0 aliphatic heterocycles. The third-order valence-corrected chi connectivity index (χ3v) is 4.76. The minimum atomic E-state index is -0.566. The number of anilines is 1. The lowest BCUT2D eigenvalue weighted by atomic mass is 10.2. The molecule has 3 aromatic rings. The van der Waals surface area contributed by atoms with E-state index in [1.54, 1.807) is 26.0 Å². The van der Waals surface area contributed by atoms with Gasteiger partial charge in [0, 0.05) is 6.08 Å². The predicted molar refractivity (Wildman–Crippen MR) is 100 cm³/mol. The average Bonchev–Trinajstić information content (AvgIpc) is 3.26. The van der Waals surface area contributed by atoms with Gasteiger partial charge in [0.25, 0.3) is 0 Å². The molecule has 0 aromatic carbocycles. The van der Waals surface area contributed by atoms with Crippen LogP contribution in [0, 0.1) is 6.92 Å². The van der Waals surface area contributed by atoms with Crippen LogP contribution < -0.4 is 5.73 Å². The van der Waals surface area contributed by atoms with Crippen molar-refractivity contribution in [2.75, 3.05) is 12.3 Å². The van der Waals surface area contributed by atoms with Crippen LogP contribution in [0.15, 0.2) is 28.9 Å². The van der Waals surface area contributed by atoms with E-state index in [9.17, 15) is 9.59 Å². The molecule has 0 radical (unpaired) electrons. The Morgan fingerprint density at radius 3 is 2.85 bits per heavy atom. The molecule has 8 nitrogen and oxygen atoms in total. The number of nitrogen functional groups attached to an aromatic ring is 1.